The van der Waals surface area contributed by atoms with Crippen LogP contribution < -0.4 is 0 Å². The van der Waals surface area contributed by atoms with Crippen molar-refractivity contribution in [3.63, 3.8) is 0 Å². The van der Waals surface area contributed by atoms with Crippen LogP contribution in [0.2, 0.25) is 0 Å². The molecule has 0 aliphatic heterocycles. The largest absolute Gasteiger partial charge is 0.297 e. The second kappa shape index (κ2) is 10.9. The molecule has 2 unspecified atom stereocenters. The summed E-state index contributed by atoms with van der Waals surface area (Å²) in [5.74, 6) is 0. The Kier molecular flexibility index (Phi) is 8.82. The van der Waals surface area contributed by atoms with E-state index >= 15 is 0 Å². The fraction of sp³-hybridized carbons (Fsp3) is 0.429. The maximum Gasteiger partial charge on any atom is 0.297 e. The Bertz CT molecular complexity index is 862. The molecule has 8 heteroatoms. The van der Waals surface area contributed by atoms with Crippen LogP contribution in [0.25, 0.3) is 0 Å². The summed E-state index contributed by atoms with van der Waals surface area (Å²) >= 11 is 0. The number of hydrogen-bond donors (Lipinski definition) is 0. The van der Waals surface area contributed by atoms with Crippen LogP contribution in [0.5, 0.6) is 0 Å². The lowest BCUT2D eigenvalue weighted by Gasteiger charge is -2.14. The summed E-state index contributed by atoms with van der Waals surface area (Å²) < 4.78 is 59.2. The summed E-state index contributed by atoms with van der Waals surface area (Å²) in [5.41, 5.74) is 0. The third-order valence-electron chi connectivity index (χ3n) is 4.37. The summed E-state index contributed by atoms with van der Waals surface area (Å²) in [6, 6.07) is 16.1. The van der Waals surface area contributed by atoms with Gasteiger partial charge in [-0.2, -0.15) is 16.8 Å². The average molecular weight is 441 g/mol. The Balaban J connectivity index is 1.67. The van der Waals surface area contributed by atoms with E-state index in [-0.39, 0.29) is 9.79 Å². The Labute approximate surface area is 174 Å². The lowest BCUT2D eigenvalue weighted by molar-refractivity contribution is 0.204. The molecular weight excluding hydrogens is 412 g/mol. The topological polar surface area (TPSA) is 86.7 Å². The van der Waals surface area contributed by atoms with Gasteiger partial charge in [-0.25, -0.2) is 0 Å². The van der Waals surface area contributed by atoms with Crippen molar-refractivity contribution in [3.05, 3.63) is 60.7 Å². The second-order valence-electron chi connectivity index (χ2n) is 6.99. The maximum absolute atomic E-state index is 12.2. The average Bonchev–Trinajstić information content (AvgIpc) is 2.68. The van der Waals surface area contributed by atoms with E-state index in [0.29, 0.717) is 12.8 Å². The molecule has 6 nitrogen and oxygen atoms in total. The summed E-state index contributed by atoms with van der Waals surface area (Å²) in [6.45, 7) is 3.47. The Morgan fingerprint density at radius 2 is 0.966 bits per heavy atom. The molecule has 0 heterocycles. The summed E-state index contributed by atoms with van der Waals surface area (Å²) in [7, 11) is -7.50. The molecule has 0 amide bonds. The fourth-order valence-electron chi connectivity index (χ4n) is 2.85. The van der Waals surface area contributed by atoms with Crippen LogP contribution in [0.15, 0.2) is 70.5 Å². The molecule has 29 heavy (non-hydrogen) atoms. The van der Waals surface area contributed by atoms with Gasteiger partial charge in [0, 0.05) is 0 Å². The zero-order valence-electron chi connectivity index (χ0n) is 16.7. The number of rotatable bonds is 12. The Morgan fingerprint density at radius 3 is 1.31 bits per heavy atom. The molecule has 0 saturated carbocycles. The first kappa shape index (κ1) is 23.5. The van der Waals surface area contributed by atoms with E-state index in [9.17, 15) is 16.8 Å². The predicted molar refractivity (Wildman–Crippen MR) is 111 cm³/mol. The molecule has 2 aromatic carbocycles. The van der Waals surface area contributed by atoms with Gasteiger partial charge in [-0.15, -0.1) is 0 Å². The quantitative estimate of drug-likeness (QED) is 0.356. The van der Waals surface area contributed by atoms with E-state index in [2.05, 4.69) is 0 Å². The number of unbranched alkanes of at least 4 members (excludes halogenated alkanes) is 2. The molecule has 0 fully saturated rings. The maximum atomic E-state index is 12.2. The molecule has 2 aromatic rings. The van der Waals surface area contributed by atoms with Gasteiger partial charge in [0.15, 0.2) is 0 Å². The van der Waals surface area contributed by atoms with Crippen LogP contribution in [0.1, 0.15) is 46.0 Å². The third kappa shape index (κ3) is 7.89. The third-order valence-corrected chi connectivity index (χ3v) is 7.23. The highest BCUT2D eigenvalue weighted by atomic mass is 32.2. The van der Waals surface area contributed by atoms with Crippen LogP contribution in [-0.4, -0.2) is 29.0 Å². The monoisotopic (exact) mass is 440 g/mol. The first-order valence-electron chi connectivity index (χ1n) is 9.67. The molecule has 0 radical (unpaired) electrons. The summed E-state index contributed by atoms with van der Waals surface area (Å²) in [6.07, 6.45) is 2.75. The lowest BCUT2D eigenvalue weighted by Crippen LogP contribution is -2.16. The first-order valence-corrected chi connectivity index (χ1v) is 12.5. The minimum atomic E-state index is -3.75. The van der Waals surface area contributed by atoms with Gasteiger partial charge in [-0.3, -0.25) is 8.37 Å². The second-order valence-corrected chi connectivity index (χ2v) is 10.1. The van der Waals surface area contributed by atoms with Gasteiger partial charge >= 0.3 is 0 Å². The minimum absolute atomic E-state index is 0.150. The van der Waals surface area contributed by atoms with Gasteiger partial charge in [0.25, 0.3) is 20.2 Å². The molecular formula is C21H28O6S2. The van der Waals surface area contributed by atoms with Crippen molar-refractivity contribution in [1.29, 1.82) is 0 Å². The van der Waals surface area contributed by atoms with Crippen molar-refractivity contribution in [2.75, 3.05) is 0 Å². The zero-order chi connectivity index (χ0) is 21.3. The van der Waals surface area contributed by atoms with Crippen molar-refractivity contribution >= 4 is 20.2 Å². The van der Waals surface area contributed by atoms with Crippen molar-refractivity contribution < 1.29 is 25.2 Å². The van der Waals surface area contributed by atoms with Gasteiger partial charge in [0.1, 0.15) is 0 Å². The molecule has 0 aromatic heterocycles. The van der Waals surface area contributed by atoms with Crippen LogP contribution >= 0.6 is 0 Å². The van der Waals surface area contributed by atoms with Crippen molar-refractivity contribution in [2.45, 2.75) is 68.0 Å². The predicted octanol–water partition coefficient (Wildman–Crippen LogP) is 4.52. The standard InChI is InChI=1S/C21H28O6S2/c1-18(26-28(22,23)20-14-8-4-9-15-20)12-6-3-7-13-19(2)27-29(24,25)21-16-10-5-11-17-21/h4-5,8-11,14-19H,3,6-7,12-13H2,1-2H3. The highest BCUT2D eigenvalue weighted by molar-refractivity contribution is 7.87. The smallest absolute Gasteiger partial charge is 0.263 e. The highest BCUT2D eigenvalue weighted by Crippen LogP contribution is 2.19. The molecule has 0 aliphatic carbocycles. The molecule has 2 atom stereocenters. The first-order chi connectivity index (χ1) is 13.7. The van der Waals surface area contributed by atoms with E-state index in [4.69, 9.17) is 8.37 Å². The summed E-state index contributed by atoms with van der Waals surface area (Å²) in [4.78, 5) is 0.301. The van der Waals surface area contributed by atoms with Gasteiger partial charge in [0.2, 0.25) is 0 Å². The minimum Gasteiger partial charge on any atom is -0.263 e. The fourth-order valence-corrected chi connectivity index (χ4v) is 5.12. The van der Waals surface area contributed by atoms with E-state index in [0.717, 1.165) is 19.3 Å². The SMILES string of the molecule is CC(CCCCCC(C)OS(=O)(=O)c1ccccc1)OS(=O)(=O)c1ccccc1. The van der Waals surface area contributed by atoms with Crippen LogP contribution in [0, 0.1) is 0 Å². The molecule has 160 valence electrons. The van der Waals surface area contributed by atoms with Crippen molar-refractivity contribution in [2.24, 2.45) is 0 Å². The van der Waals surface area contributed by atoms with Gasteiger partial charge in [-0.05, 0) is 51.0 Å². The molecule has 0 bridgehead atoms. The zero-order valence-corrected chi connectivity index (χ0v) is 18.4. The molecule has 0 N–H and O–H groups in total. The van der Waals surface area contributed by atoms with Gasteiger partial charge < -0.3 is 0 Å². The van der Waals surface area contributed by atoms with E-state index in [1.807, 2.05) is 0 Å². The summed E-state index contributed by atoms with van der Waals surface area (Å²) in [5, 5.41) is 0. The van der Waals surface area contributed by atoms with E-state index < -0.39 is 32.4 Å². The number of hydrogen-bond acceptors (Lipinski definition) is 6. The van der Waals surface area contributed by atoms with Crippen molar-refractivity contribution in [1.82, 2.24) is 0 Å². The van der Waals surface area contributed by atoms with Crippen LogP contribution in [0.4, 0.5) is 0 Å². The van der Waals surface area contributed by atoms with Gasteiger partial charge in [-0.1, -0.05) is 55.7 Å². The molecule has 0 aliphatic rings. The van der Waals surface area contributed by atoms with Gasteiger partial charge in [0.05, 0.1) is 22.0 Å². The normalized spacial score (nSPS) is 14.4. The van der Waals surface area contributed by atoms with Crippen LogP contribution in [-0.2, 0) is 28.6 Å². The molecule has 0 saturated heterocycles. The van der Waals surface area contributed by atoms with E-state index in [1.165, 1.54) is 24.3 Å². The highest BCUT2D eigenvalue weighted by Gasteiger charge is 2.20. The van der Waals surface area contributed by atoms with Crippen molar-refractivity contribution in [3.8, 4) is 0 Å². The van der Waals surface area contributed by atoms with E-state index in [1.54, 1.807) is 50.2 Å². The Morgan fingerprint density at radius 1 is 0.621 bits per heavy atom. The Hall–Kier alpha value is -1.74. The van der Waals surface area contributed by atoms with Crippen LogP contribution in [0.3, 0.4) is 0 Å². The lowest BCUT2D eigenvalue weighted by atomic mass is 10.1. The number of benzene rings is 2. The molecule has 0 spiro atoms. The molecule has 2 rings (SSSR count).